The van der Waals surface area contributed by atoms with E-state index in [0.29, 0.717) is 10.0 Å². The number of benzene rings is 1. The second-order valence-corrected chi connectivity index (χ2v) is 3.94. The maximum Gasteiger partial charge on any atom is 0.310 e. The molecule has 0 aliphatic heterocycles. The zero-order valence-electron chi connectivity index (χ0n) is 8.77. The van der Waals surface area contributed by atoms with E-state index in [-0.39, 0.29) is 17.7 Å². The maximum atomic E-state index is 11.1. The molecule has 0 fully saturated rings. The molecule has 6 nitrogen and oxygen atoms in total. The minimum absolute atomic E-state index is 0.0518. The van der Waals surface area contributed by atoms with Gasteiger partial charge in [-0.2, -0.15) is 5.26 Å². The van der Waals surface area contributed by atoms with E-state index in [2.05, 4.69) is 20.7 Å². The smallest absolute Gasteiger partial charge is 0.310 e. The number of rotatable bonds is 3. The van der Waals surface area contributed by atoms with Crippen LogP contribution < -0.4 is 0 Å². The Kier molecular flexibility index (Phi) is 4.17. The molecule has 0 aliphatic rings. The number of nitro benzene ring substituents is 1. The maximum absolute atomic E-state index is 11.1. The number of methoxy groups -OCH3 is 1. The van der Waals surface area contributed by atoms with Gasteiger partial charge >= 0.3 is 5.97 Å². The van der Waals surface area contributed by atoms with E-state index in [1.165, 1.54) is 19.2 Å². The Bertz CT molecular complexity index is 522. The number of carbonyl (C=O) groups is 1. The number of nitriles is 1. The Morgan fingerprint density at radius 3 is 2.76 bits per heavy atom. The normalized spacial score (nSPS) is 9.47. The molecule has 0 radical (unpaired) electrons. The second kappa shape index (κ2) is 5.41. The lowest BCUT2D eigenvalue weighted by molar-refractivity contribution is -0.385. The fourth-order valence-corrected chi connectivity index (χ4v) is 1.68. The SMILES string of the molecule is COC(=O)Cc1cc(C#N)c([N+](=O)[O-])cc1Br. The van der Waals surface area contributed by atoms with Crippen molar-refractivity contribution in [3.05, 3.63) is 37.8 Å². The van der Waals surface area contributed by atoms with Crippen molar-refractivity contribution in [2.75, 3.05) is 7.11 Å². The molecule has 17 heavy (non-hydrogen) atoms. The van der Waals surface area contributed by atoms with Crippen LogP contribution in [-0.4, -0.2) is 18.0 Å². The first-order chi connectivity index (χ1) is 7.99. The lowest BCUT2D eigenvalue weighted by Gasteiger charge is -2.04. The van der Waals surface area contributed by atoms with Crippen LogP contribution in [0.3, 0.4) is 0 Å². The van der Waals surface area contributed by atoms with E-state index in [0.717, 1.165) is 0 Å². The Morgan fingerprint density at radius 2 is 2.29 bits per heavy atom. The predicted octanol–water partition coefficient (Wildman–Crippen LogP) is 1.94. The van der Waals surface area contributed by atoms with Gasteiger partial charge < -0.3 is 4.74 Å². The first-order valence-corrected chi connectivity index (χ1v) is 5.22. The highest BCUT2D eigenvalue weighted by atomic mass is 79.9. The highest BCUT2D eigenvalue weighted by Crippen LogP contribution is 2.27. The van der Waals surface area contributed by atoms with Crippen LogP contribution in [0.1, 0.15) is 11.1 Å². The average Bonchev–Trinajstić information content (AvgIpc) is 2.30. The summed E-state index contributed by atoms with van der Waals surface area (Å²) in [5.41, 5.74) is 0.0871. The van der Waals surface area contributed by atoms with E-state index in [4.69, 9.17) is 5.26 Å². The zero-order valence-corrected chi connectivity index (χ0v) is 10.4. The highest BCUT2D eigenvalue weighted by molar-refractivity contribution is 9.10. The molecule has 0 amide bonds. The van der Waals surface area contributed by atoms with Crippen LogP contribution in [0.4, 0.5) is 5.69 Å². The number of hydrogen-bond donors (Lipinski definition) is 0. The average molecular weight is 299 g/mol. The van der Waals surface area contributed by atoms with Gasteiger partial charge in [0.1, 0.15) is 11.6 Å². The van der Waals surface area contributed by atoms with Crippen LogP contribution >= 0.6 is 15.9 Å². The Hall–Kier alpha value is -1.94. The van der Waals surface area contributed by atoms with Crippen LogP contribution in [0.15, 0.2) is 16.6 Å². The molecular weight excluding hydrogens is 292 g/mol. The topological polar surface area (TPSA) is 93.2 Å². The highest BCUT2D eigenvalue weighted by Gasteiger charge is 2.18. The third-order valence-corrected chi connectivity index (χ3v) is 2.78. The van der Waals surface area contributed by atoms with E-state index in [1.54, 1.807) is 6.07 Å². The predicted molar refractivity (Wildman–Crippen MR) is 61.2 cm³/mol. The summed E-state index contributed by atoms with van der Waals surface area (Å²) < 4.78 is 4.88. The molecule has 0 saturated carbocycles. The molecule has 0 atom stereocenters. The molecule has 0 aromatic heterocycles. The van der Waals surface area contributed by atoms with E-state index in [1.807, 2.05) is 0 Å². The number of hydrogen-bond acceptors (Lipinski definition) is 5. The van der Waals surface area contributed by atoms with Crippen molar-refractivity contribution in [3.8, 4) is 6.07 Å². The molecule has 0 unspecified atom stereocenters. The van der Waals surface area contributed by atoms with Gasteiger partial charge in [-0.1, -0.05) is 15.9 Å². The fourth-order valence-electron chi connectivity index (χ4n) is 1.21. The van der Waals surface area contributed by atoms with Gasteiger partial charge in [0.15, 0.2) is 0 Å². The fraction of sp³-hybridized carbons (Fsp3) is 0.200. The summed E-state index contributed by atoms with van der Waals surface area (Å²) in [5.74, 6) is -0.483. The van der Waals surface area contributed by atoms with Crippen molar-refractivity contribution < 1.29 is 14.5 Å². The van der Waals surface area contributed by atoms with Gasteiger partial charge in [0.2, 0.25) is 0 Å². The van der Waals surface area contributed by atoms with Crippen LogP contribution in [0.25, 0.3) is 0 Å². The zero-order chi connectivity index (χ0) is 13.0. The quantitative estimate of drug-likeness (QED) is 0.483. The summed E-state index contributed by atoms with van der Waals surface area (Å²) in [5, 5.41) is 19.5. The van der Waals surface area contributed by atoms with E-state index in [9.17, 15) is 14.9 Å². The van der Waals surface area contributed by atoms with Gasteiger partial charge in [-0.25, -0.2) is 0 Å². The lowest BCUT2D eigenvalue weighted by atomic mass is 10.1. The molecular formula is C10H7BrN2O4. The summed E-state index contributed by atoms with van der Waals surface area (Å²) in [7, 11) is 1.24. The third kappa shape index (κ3) is 3.01. The molecule has 0 aliphatic carbocycles. The number of halogens is 1. The van der Waals surface area contributed by atoms with Gasteiger partial charge in [-0.15, -0.1) is 0 Å². The molecule has 88 valence electrons. The van der Waals surface area contributed by atoms with Crippen molar-refractivity contribution in [1.29, 1.82) is 5.26 Å². The summed E-state index contributed by atoms with van der Waals surface area (Å²) in [6, 6.07) is 4.23. The molecule has 0 heterocycles. The summed E-state index contributed by atoms with van der Waals surface area (Å²) in [6.07, 6.45) is -0.0518. The van der Waals surface area contributed by atoms with Crippen molar-refractivity contribution in [2.24, 2.45) is 0 Å². The van der Waals surface area contributed by atoms with Crippen molar-refractivity contribution >= 4 is 27.6 Å². The number of ether oxygens (including phenoxy) is 1. The van der Waals surface area contributed by atoms with E-state index < -0.39 is 10.9 Å². The molecule has 1 aromatic carbocycles. The summed E-state index contributed by atoms with van der Waals surface area (Å²) in [4.78, 5) is 21.1. The molecule has 7 heteroatoms. The molecule has 0 saturated heterocycles. The van der Waals surface area contributed by atoms with Crippen LogP contribution in [-0.2, 0) is 16.0 Å². The second-order valence-electron chi connectivity index (χ2n) is 3.08. The monoisotopic (exact) mass is 298 g/mol. The first kappa shape index (κ1) is 13.1. The minimum Gasteiger partial charge on any atom is -0.469 e. The molecule has 0 spiro atoms. The molecule has 1 rings (SSSR count). The largest absolute Gasteiger partial charge is 0.469 e. The van der Waals surface area contributed by atoms with E-state index >= 15 is 0 Å². The van der Waals surface area contributed by atoms with Gasteiger partial charge in [0, 0.05) is 10.5 Å². The lowest BCUT2D eigenvalue weighted by Crippen LogP contribution is -2.06. The number of nitro groups is 1. The number of nitrogens with zero attached hydrogens (tertiary/aromatic N) is 2. The molecule has 0 N–H and O–H groups in total. The summed E-state index contributed by atoms with van der Waals surface area (Å²) in [6.45, 7) is 0. The van der Waals surface area contributed by atoms with Gasteiger partial charge in [0.25, 0.3) is 5.69 Å². The Labute approximate surface area is 105 Å². The number of carbonyl (C=O) groups excluding carboxylic acids is 1. The molecule has 1 aromatic rings. The first-order valence-electron chi connectivity index (χ1n) is 4.43. The van der Waals surface area contributed by atoms with Gasteiger partial charge in [0.05, 0.1) is 18.5 Å². The van der Waals surface area contributed by atoms with Crippen molar-refractivity contribution in [3.63, 3.8) is 0 Å². The Balaban J connectivity index is 3.24. The van der Waals surface area contributed by atoms with Gasteiger partial charge in [-0.05, 0) is 11.6 Å². The minimum atomic E-state index is -0.648. The standard InChI is InChI=1S/C10H7BrN2O4/c1-17-10(14)3-6-2-7(5-12)9(13(15)16)4-8(6)11/h2,4H,3H2,1H3. The van der Waals surface area contributed by atoms with Gasteiger partial charge in [-0.3, -0.25) is 14.9 Å². The third-order valence-electron chi connectivity index (χ3n) is 2.04. The number of esters is 1. The Morgan fingerprint density at radius 1 is 1.65 bits per heavy atom. The van der Waals surface area contributed by atoms with Crippen molar-refractivity contribution in [2.45, 2.75) is 6.42 Å². The molecule has 0 bridgehead atoms. The van der Waals surface area contributed by atoms with Crippen LogP contribution in [0.2, 0.25) is 0 Å². The summed E-state index contributed by atoms with van der Waals surface area (Å²) >= 11 is 3.11. The van der Waals surface area contributed by atoms with Crippen LogP contribution in [0, 0.1) is 21.4 Å². The van der Waals surface area contributed by atoms with Crippen LogP contribution in [0.5, 0.6) is 0 Å². The van der Waals surface area contributed by atoms with Crippen molar-refractivity contribution in [1.82, 2.24) is 0 Å².